The molecule has 6 bridgehead atoms. The summed E-state index contributed by atoms with van der Waals surface area (Å²) in [6.45, 7) is 12.4. The molecule has 0 saturated heterocycles. The first-order valence-electron chi connectivity index (χ1n) is 23.5. The summed E-state index contributed by atoms with van der Waals surface area (Å²) in [5, 5.41) is 0. The highest BCUT2D eigenvalue weighted by atomic mass is 16.6. The summed E-state index contributed by atoms with van der Waals surface area (Å²) in [6.07, 6.45) is 4.98. The van der Waals surface area contributed by atoms with Gasteiger partial charge in [-0.15, -0.1) is 0 Å². The van der Waals surface area contributed by atoms with Crippen molar-refractivity contribution in [2.45, 2.75) is 148 Å². The normalized spacial score (nSPS) is 25.9. The topological polar surface area (TPSA) is 257 Å². The Morgan fingerprint density at radius 2 is 1.58 bits per heavy atom. The number of esters is 1. The van der Waals surface area contributed by atoms with Gasteiger partial charge in [0.15, 0.2) is 17.3 Å². The van der Waals surface area contributed by atoms with E-state index >= 15 is 0 Å². The van der Waals surface area contributed by atoms with Gasteiger partial charge in [-0.25, -0.2) is 19.7 Å². The second-order valence-electron chi connectivity index (χ2n) is 18.6. The van der Waals surface area contributed by atoms with Crippen LogP contribution < -0.4 is 11.5 Å². The molecule has 3 aromatic heterocycles. The van der Waals surface area contributed by atoms with Gasteiger partial charge in [0.1, 0.15) is 48.6 Å². The summed E-state index contributed by atoms with van der Waals surface area (Å²) in [6, 6.07) is -0.398. The number of nitrogens with two attached hydrogens (primary N) is 2. The highest BCUT2D eigenvalue weighted by molar-refractivity contribution is 5.81. The lowest BCUT2D eigenvalue weighted by Crippen LogP contribution is -2.40. The summed E-state index contributed by atoms with van der Waals surface area (Å²) in [7, 11) is 8.13. The van der Waals surface area contributed by atoms with Gasteiger partial charge >= 0.3 is 12.1 Å². The zero-order valence-corrected chi connectivity index (χ0v) is 41.3. The number of primary amides is 1. The molecule has 2 amide bonds. The second kappa shape index (κ2) is 26.7. The fraction of sp³-hybridized carbons (Fsp3) is 0.729. The molecule has 4 heterocycles. The number of hydrogen-bond acceptors (Lipinski definition) is 17. The van der Waals surface area contributed by atoms with E-state index in [0.29, 0.717) is 80.9 Å². The summed E-state index contributed by atoms with van der Waals surface area (Å²) >= 11 is 0. The Hall–Kier alpha value is -4.69. The molecule has 4 rings (SSSR count). The van der Waals surface area contributed by atoms with Crippen LogP contribution in [-0.2, 0) is 49.2 Å². The Morgan fingerprint density at radius 1 is 0.896 bits per heavy atom. The summed E-state index contributed by atoms with van der Waals surface area (Å²) in [5.74, 6) is -0.693. The van der Waals surface area contributed by atoms with Crippen LogP contribution in [0.1, 0.15) is 117 Å². The Balaban J connectivity index is 1.57. The number of ether oxygens (including phenoxy) is 6. The molecule has 1 aliphatic rings. The Bertz CT molecular complexity index is 1970. The number of amides is 2. The molecule has 19 nitrogen and oxygen atoms in total. The summed E-state index contributed by atoms with van der Waals surface area (Å²) in [4.78, 5) is 66.3. The Morgan fingerprint density at radius 3 is 2.24 bits per heavy atom. The number of fused-ring (bicyclic) bond motifs is 8. The molecular formula is C48H76N6O13. The molecule has 3 aromatic rings. The Labute approximate surface area is 395 Å². The van der Waals surface area contributed by atoms with E-state index in [9.17, 15) is 19.2 Å². The number of aryl methyl sites for hydroxylation is 1. The zero-order valence-electron chi connectivity index (χ0n) is 41.3. The van der Waals surface area contributed by atoms with Crippen LogP contribution in [0.5, 0.6) is 0 Å². The highest BCUT2D eigenvalue weighted by Gasteiger charge is 2.36. The molecule has 1 unspecified atom stereocenters. The SMILES string of the molecule is COC1c2coc(n2)-c2coc(n2)-c2coc(n2)CCC[C@H](OC)[C@@H](C)[C@H](C[C@H](OC)[C@@H](C)CCC(=O)[C@H](C)[C@H](OC)[C@H](C)CCN(C)C=O)OC(=O)C[C@@H](OC(N)=O)C[C@H](C)C[C@@H](N)[C@@H]1C. The van der Waals surface area contributed by atoms with E-state index in [2.05, 4.69) is 15.0 Å². The molecule has 67 heavy (non-hydrogen) atoms. The van der Waals surface area contributed by atoms with Crippen LogP contribution >= 0.6 is 0 Å². The van der Waals surface area contributed by atoms with Gasteiger partial charge in [-0.3, -0.25) is 14.4 Å². The fourth-order valence-electron chi connectivity index (χ4n) is 9.31. The number of rotatable bonds is 18. The van der Waals surface area contributed by atoms with E-state index in [-0.39, 0.29) is 78.1 Å². The molecule has 0 fully saturated rings. The number of Topliss-reactive ketones (excluding diaryl/α,β-unsaturated/α-hetero) is 1. The number of carbonyl (C=O) groups is 4. The van der Waals surface area contributed by atoms with E-state index < -0.39 is 42.5 Å². The van der Waals surface area contributed by atoms with Crippen molar-refractivity contribution < 1.29 is 60.9 Å². The number of ketones is 1. The number of methoxy groups -OCH3 is 4. The van der Waals surface area contributed by atoms with Crippen LogP contribution in [0, 0.1) is 35.5 Å². The van der Waals surface area contributed by atoms with Crippen molar-refractivity contribution in [1.29, 1.82) is 0 Å². The van der Waals surface area contributed by atoms with Crippen molar-refractivity contribution in [3.63, 3.8) is 0 Å². The van der Waals surface area contributed by atoms with Crippen LogP contribution in [0.25, 0.3) is 23.2 Å². The van der Waals surface area contributed by atoms with Crippen molar-refractivity contribution in [1.82, 2.24) is 19.9 Å². The molecule has 0 spiro atoms. The van der Waals surface area contributed by atoms with Crippen LogP contribution in [0.15, 0.2) is 32.0 Å². The van der Waals surface area contributed by atoms with E-state index in [1.165, 1.54) is 18.8 Å². The Kier molecular flexibility index (Phi) is 21.9. The summed E-state index contributed by atoms with van der Waals surface area (Å²) in [5.41, 5.74) is 13.6. The quantitative estimate of drug-likeness (QED) is 0.0964. The van der Waals surface area contributed by atoms with E-state index in [1.807, 2.05) is 41.5 Å². The van der Waals surface area contributed by atoms with Gasteiger partial charge in [0.05, 0.1) is 24.7 Å². The molecule has 19 heteroatoms. The van der Waals surface area contributed by atoms with Crippen LogP contribution in [0.3, 0.4) is 0 Å². The smallest absolute Gasteiger partial charge is 0.404 e. The van der Waals surface area contributed by atoms with Gasteiger partial charge in [-0.05, 0) is 56.3 Å². The maximum absolute atomic E-state index is 14.0. The van der Waals surface area contributed by atoms with Crippen molar-refractivity contribution in [2.75, 3.05) is 42.0 Å². The summed E-state index contributed by atoms with van der Waals surface area (Å²) < 4.78 is 53.0. The third-order valence-corrected chi connectivity index (χ3v) is 13.6. The molecule has 4 N–H and O–H groups in total. The molecule has 1 aliphatic heterocycles. The van der Waals surface area contributed by atoms with Gasteiger partial charge in [0.25, 0.3) is 0 Å². The van der Waals surface area contributed by atoms with Gasteiger partial charge in [-0.1, -0.05) is 41.5 Å². The fourth-order valence-corrected chi connectivity index (χ4v) is 9.31. The molecule has 0 aromatic carbocycles. The third kappa shape index (κ3) is 15.9. The molecule has 0 aliphatic carbocycles. The highest BCUT2D eigenvalue weighted by Crippen LogP contribution is 2.34. The van der Waals surface area contributed by atoms with Crippen molar-refractivity contribution in [2.24, 2.45) is 47.0 Å². The minimum atomic E-state index is -1.01. The second-order valence-corrected chi connectivity index (χ2v) is 18.6. The predicted molar refractivity (Wildman–Crippen MR) is 246 cm³/mol. The van der Waals surface area contributed by atoms with E-state index in [0.717, 1.165) is 6.41 Å². The average molecular weight is 945 g/mol. The van der Waals surface area contributed by atoms with E-state index in [1.54, 1.807) is 40.4 Å². The average Bonchev–Trinajstić information content (AvgIpc) is 4.09. The minimum Gasteiger partial charge on any atom is -0.462 e. The van der Waals surface area contributed by atoms with Crippen molar-refractivity contribution in [3.05, 3.63) is 30.4 Å². The van der Waals surface area contributed by atoms with Crippen molar-refractivity contribution >= 4 is 24.3 Å². The lowest BCUT2D eigenvalue weighted by molar-refractivity contribution is -0.160. The standard InChI is InChI=1S/C48H76N6O13/c1-27-19-33(66-48(50)58)21-43(57)67-41(22-40(60-9)28(2)15-16-38(56)31(5)44(61-10)29(3)17-18-54(7)26-55)32(6)39(59-8)13-12-14-42-51-36(24-63-42)46-53-37(25-65-46)47-52-35(23-64-47)45(62-11)30(4)34(49)20-27/h23-34,39-41,44-45H,12-22,49H2,1-11H3,(H2,50,58)/t27-,28-,29+,30-,31-,32+,33-,34+,39-,40-,41-,44+,45?/m0/s1. The number of aromatic nitrogens is 3. The lowest BCUT2D eigenvalue weighted by Gasteiger charge is -2.34. The monoisotopic (exact) mass is 945 g/mol. The first kappa shape index (κ1) is 54.9. The number of cyclic esters (lactones) is 1. The predicted octanol–water partition coefficient (Wildman–Crippen LogP) is 6.96. The van der Waals surface area contributed by atoms with E-state index in [4.69, 9.17) is 53.1 Å². The molecule has 0 radical (unpaired) electrons. The van der Waals surface area contributed by atoms with Crippen LogP contribution in [0.2, 0.25) is 0 Å². The maximum atomic E-state index is 14.0. The lowest BCUT2D eigenvalue weighted by atomic mass is 9.83. The number of carbonyl (C=O) groups excluding carboxylic acids is 4. The van der Waals surface area contributed by atoms with Crippen LogP contribution in [-0.4, -0.2) is 123 Å². The first-order chi connectivity index (χ1) is 31.9. The molecular weight excluding hydrogens is 869 g/mol. The number of oxazole rings is 3. The maximum Gasteiger partial charge on any atom is 0.404 e. The molecule has 376 valence electrons. The van der Waals surface area contributed by atoms with Crippen molar-refractivity contribution in [3.8, 4) is 23.2 Å². The minimum absolute atomic E-state index is 0.0476. The number of hydrogen-bond donors (Lipinski definition) is 2. The largest absolute Gasteiger partial charge is 0.462 e. The van der Waals surface area contributed by atoms with Gasteiger partial charge in [-0.2, -0.15) is 0 Å². The first-order valence-corrected chi connectivity index (χ1v) is 23.5. The molecule has 13 atom stereocenters. The van der Waals surface area contributed by atoms with Gasteiger partial charge in [0.2, 0.25) is 18.2 Å². The number of nitrogens with zero attached hydrogens (tertiary/aromatic N) is 4. The van der Waals surface area contributed by atoms with Gasteiger partial charge < -0.3 is 58.0 Å². The zero-order chi connectivity index (χ0) is 49.4. The third-order valence-electron chi connectivity index (χ3n) is 13.6. The van der Waals surface area contributed by atoms with Crippen LogP contribution in [0.4, 0.5) is 4.79 Å². The molecule has 0 saturated carbocycles. The van der Waals surface area contributed by atoms with Gasteiger partial charge in [0, 0.05) is 85.1 Å².